The molecule has 0 aromatic heterocycles. The summed E-state index contributed by atoms with van der Waals surface area (Å²) in [6.07, 6.45) is 1.48. The lowest BCUT2D eigenvalue weighted by molar-refractivity contribution is -0.112. The summed E-state index contributed by atoms with van der Waals surface area (Å²) >= 11 is 6.12. The number of nitriles is 1. The van der Waals surface area contributed by atoms with Crippen molar-refractivity contribution in [1.82, 2.24) is 0 Å². The Morgan fingerprint density at radius 2 is 1.83 bits per heavy atom. The van der Waals surface area contributed by atoms with Crippen molar-refractivity contribution in [3.63, 3.8) is 0 Å². The molecule has 4 nitrogen and oxygen atoms in total. The van der Waals surface area contributed by atoms with Crippen molar-refractivity contribution in [2.75, 3.05) is 5.32 Å². The lowest BCUT2D eigenvalue weighted by Gasteiger charge is -2.11. The number of amides is 1. The third kappa shape index (κ3) is 5.71. The normalized spacial score (nSPS) is 10.9. The minimum absolute atomic E-state index is 0.0451. The SMILES string of the molecule is Cc1ccc(COc2ccc(Cl)cc2/C=C(\C#N)C(=O)Nc2ccccc2)cc1. The molecular weight excluding hydrogens is 384 g/mol. The van der Waals surface area contributed by atoms with Gasteiger partial charge in [-0.3, -0.25) is 4.79 Å². The predicted octanol–water partition coefficient (Wildman–Crippen LogP) is 5.77. The number of hydrogen-bond acceptors (Lipinski definition) is 3. The van der Waals surface area contributed by atoms with Crippen molar-refractivity contribution >= 4 is 29.3 Å². The van der Waals surface area contributed by atoms with Gasteiger partial charge in [0.1, 0.15) is 24.0 Å². The van der Waals surface area contributed by atoms with Crippen LogP contribution in [0.25, 0.3) is 6.08 Å². The molecular formula is C24H19ClN2O2. The van der Waals surface area contributed by atoms with E-state index >= 15 is 0 Å². The summed E-state index contributed by atoms with van der Waals surface area (Å²) in [5.74, 6) is 0.0402. The van der Waals surface area contributed by atoms with E-state index in [1.807, 2.05) is 43.3 Å². The van der Waals surface area contributed by atoms with Gasteiger partial charge in [-0.05, 0) is 48.9 Å². The van der Waals surface area contributed by atoms with Gasteiger partial charge < -0.3 is 10.1 Å². The number of benzene rings is 3. The zero-order valence-electron chi connectivity index (χ0n) is 15.9. The average molecular weight is 403 g/mol. The molecule has 3 rings (SSSR count). The van der Waals surface area contributed by atoms with Crippen LogP contribution in [0.3, 0.4) is 0 Å². The number of rotatable bonds is 6. The zero-order chi connectivity index (χ0) is 20.6. The summed E-state index contributed by atoms with van der Waals surface area (Å²) < 4.78 is 5.92. The van der Waals surface area contributed by atoms with E-state index in [1.54, 1.807) is 42.5 Å². The third-order valence-corrected chi connectivity index (χ3v) is 4.42. The zero-order valence-corrected chi connectivity index (χ0v) is 16.6. The second-order valence-electron chi connectivity index (χ2n) is 6.45. The van der Waals surface area contributed by atoms with Crippen molar-refractivity contribution in [1.29, 1.82) is 5.26 Å². The highest BCUT2D eigenvalue weighted by Crippen LogP contribution is 2.26. The second kappa shape index (κ2) is 9.59. The van der Waals surface area contributed by atoms with Crippen LogP contribution in [0, 0.1) is 18.3 Å². The van der Waals surface area contributed by atoms with Crippen LogP contribution >= 0.6 is 11.6 Å². The number of ether oxygens (including phenoxy) is 1. The van der Waals surface area contributed by atoms with Gasteiger partial charge in [0.05, 0.1) is 0 Å². The van der Waals surface area contributed by atoms with Gasteiger partial charge in [-0.1, -0.05) is 59.6 Å². The molecule has 1 amide bonds. The topological polar surface area (TPSA) is 62.1 Å². The van der Waals surface area contributed by atoms with Crippen LogP contribution in [-0.4, -0.2) is 5.91 Å². The maximum absolute atomic E-state index is 12.5. The number of nitrogens with zero attached hydrogens (tertiary/aromatic N) is 1. The van der Waals surface area contributed by atoms with E-state index in [1.165, 1.54) is 11.6 Å². The van der Waals surface area contributed by atoms with Gasteiger partial charge in [-0.15, -0.1) is 0 Å². The Labute approximate surface area is 175 Å². The molecule has 0 radical (unpaired) electrons. The van der Waals surface area contributed by atoms with Gasteiger partial charge in [-0.2, -0.15) is 5.26 Å². The third-order valence-electron chi connectivity index (χ3n) is 4.18. The van der Waals surface area contributed by atoms with Crippen molar-refractivity contribution < 1.29 is 9.53 Å². The lowest BCUT2D eigenvalue weighted by Crippen LogP contribution is -2.13. The minimum atomic E-state index is -0.497. The molecule has 29 heavy (non-hydrogen) atoms. The van der Waals surface area contributed by atoms with Gasteiger partial charge in [-0.25, -0.2) is 0 Å². The molecule has 0 unspecified atom stereocenters. The molecule has 0 bridgehead atoms. The molecule has 0 saturated heterocycles. The molecule has 0 heterocycles. The number of halogens is 1. The second-order valence-corrected chi connectivity index (χ2v) is 6.88. The molecule has 0 aliphatic heterocycles. The maximum Gasteiger partial charge on any atom is 0.266 e. The Balaban J connectivity index is 1.82. The van der Waals surface area contributed by atoms with Crippen molar-refractivity contribution in [3.8, 4) is 11.8 Å². The average Bonchev–Trinajstić information content (AvgIpc) is 2.73. The molecule has 0 saturated carbocycles. The summed E-state index contributed by atoms with van der Waals surface area (Å²) in [4.78, 5) is 12.5. The lowest BCUT2D eigenvalue weighted by atomic mass is 10.1. The summed E-state index contributed by atoms with van der Waals surface area (Å²) in [7, 11) is 0. The van der Waals surface area contributed by atoms with Gasteiger partial charge in [0.2, 0.25) is 0 Å². The highest BCUT2D eigenvalue weighted by molar-refractivity contribution is 6.30. The van der Waals surface area contributed by atoms with E-state index in [0.29, 0.717) is 28.6 Å². The standard InChI is InChI=1S/C24H19ClN2O2/c1-17-7-9-18(10-8-17)16-29-23-12-11-21(25)14-19(23)13-20(15-26)24(28)27-22-5-3-2-4-6-22/h2-14H,16H2,1H3,(H,27,28)/b20-13+. The first-order valence-electron chi connectivity index (χ1n) is 9.01. The predicted molar refractivity (Wildman–Crippen MR) is 116 cm³/mol. The first-order chi connectivity index (χ1) is 14.0. The largest absolute Gasteiger partial charge is 0.488 e. The number of nitrogens with one attached hydrogen (secondary N) is 1. The molecule has 3 aromatic carbocycles. The van der Waals surface area contributed by atoms with E-state index in [4.69, 9.17) is 16.3 Å². The molecule has 1 N–H and O–H groups in total. The first kappa shape index (κ1) is 20.2. The Hall–Kier alpha value is -3.55. The van der Waals surface area contributed by atoms with Gasteiger partial charge in [0.15, 0.2) is 0 Å². The quantitative estimate of drug-likeness (QED) is 0.420. The summed E-state index contributed by atoms with van der Waals surface area (Å²) in [6.45, 7) is 2.39. The van der Waals surface area contributed by atoms with Gasteiger partial charge in [0.25, 0.3) is 5.91 Å². The van der Waals surface area contributed by atoms with Crippen LogP contribution in [0.1, 0.15) is 16.7 Å². The first-order valence-corrected chi connectivity index (χ1v) is 9.39. The molecule has 5 heteroatoms. The summed E-state index contributed by atoms with van der Waals surface area (Å²) in [6, 6.07) is 24.0. The fraction of sp³-hybridized carbons (Fsp3) is 0.0833. The summed E-state index contributed by atoms with van der Waals surface area (Å²) in [5, 5.41) is 12.7. The van der Waals surface area contributed by atoms with Gasteiger partial charge >= 0.3 is 0 Å². The van der Waals surface area contributed by atoms with Crippen LogP contribution in [0.4, 0.5) is 5.69 Å². The molecule has 0 atom stereocenters. The molecule has 3 aromatic rings. The van der Waals surface area contributed by atoms with Crippen LogP contribution in [-0.2, 0) is 11.4 Å². The number of para-hydroxylation sites is 1. The number of hydrogen-bond donors (Lipinski definition) is 1. The summed E-state index contributed by atoms with van der Waals surface area (Å²) in [5.41, 5.74) is 3.32. The van der Waals surface area contributed by atoms with Crippen LogP contribution in [0.5, 0.6) is 5.75 Å². The van der Waals surface area contributed by atoms with E-state index < -0.39 is 5.91 Å². The number of carbonyl (C=O) groups excluding carboxylic acids is 1. The van der Waals surface area contributed by atoms with Crippen molar-refractivity contribution in [2.24, 2.45) is 0 Å². The molecule has 0 aliphatic carbocycles. The number of anilines is 1. The fourth-order valence-electron chi connectivity index (χ4n) is 2.63. The smallest absolute Gasteiger partial charge is 0.266 e. The highest BCUT2D eigenvalue weighted by atomic mass is 35.5. The molecule has 0 spiro atoms. The van der Waals surface area contributed by atoms with E-state index in [0.717, 1.165) is 5.56 Å². The minimum Gasteiger partial charge on any atom is -0.488 e. The van der Waals surface area contributed by atoms with E-state index in [-0.39, 0.29) is 5.57 Å². The van der Waals surface area contributed by atoms with Crippen LogP contribution < -0.4 is 10.1 Å². The highest BCUT2D eigenvalue weighted by Gasteiger charge is 2.12. The van der Waals surface area contributed by atoms with Crippen molar-refractivity contribution in [2.45, 2.75) is 13.5 Å². The van der Waals surface area contributed by atoms with E-state index in [2.05, 4.69) is 5.32 Å². The molecule has 0 fully saturated rings. The molecule has 144 valence electrons. The number of carbonyl (C=O) groups is 1. The monoisotopic (exact) mass is 402 g/mol. The maximum atomic E-state index is 12.5. The van der Waals surface area contributed by atoms with Crippen molar-refractivity contribution in [3.05, 3.63) is 100 Å². The Kier molecular flexibility index (Phi) is 6.67. The van der Waals surface area contributed by atoms with E-state index in [9.17, 15) is 10.1 Å². The Morgan fingerprint density at radius 3 is 2.52 bits per heavy atom. The molecule has 0 aliphatic rings. The van der Waals surface area contributed by atoms with Crippen LogP contribution in [0.2, 0.25) is 5.02 Å². The van der Waals surface area contributed by atoms with Gasteiger partial charge in [0, 0.05) is 16.3 Å². The Bertz CT molecular complexity index is 1070. The number of aryl methyl sites for hydroxylation is 1. The fourth-order valence-corrected chi connectivity index (χ4v) is 2.81. The Morgan fingerprint density at radius 1 is 1.10 bits per heavy atom. The van der Waals surface area contributed by atoms with Crippen LogP contribution in [0.15, 0.2) is 78.4 Å².